The van der Waals surface area contributed by atoms with E-state index in [0.717, 1.165) is 17.3 Å². The Kier molecular flexibility index (Phi) is 4.55. The molecule has 0 aliphatic heterocycles. The minimum atomic E-state index is 0.387. The fourth-order valence-corrected chi connectivity index (χ4v) is 2.35. The van der Waals surface area contributed by atoms with Gasteiger partial charge in [0, 0.05) is 23.8 Å². The van der Waals surface area contributed by atoms with Crippen LogP contribution in [0.4, 0.5) is 0 Å². The van der Waals surface area contributed by atoms with Crippen molar-refractivity contribution in [1.82, 2.24) is 15.1 Å². The summed E-state index contributed by atoms with van der Waals surface area (Å²) in [6, 6.07) is 8.88. The van der Waals surface area contributed by atoms with E-state index in [1.165, 1.54) is 11.1 Å². The summed E-state index contributed by atoms with van der Waals surface area (Å²) in [6.45, 7) is 0. The second kappa shape index (κ2) is 6.16. The van der Waals surface area contributed by atoms with Crippen molar-refractivity contribution < 1.29 is 0 Å². The molecule has 1 heterocycles. The quantitative estimate of drug-likeness (QED) is 0.920. The fraction of sp³-hybridized carbons (Fsp3) is 0.357. The first-order chi connectivity index (χ1) is 8.69. The van der Waals surface area contributed by atoms with Gasteiger partial charge in [0.2, 0.25) is 0 Å². The van der Waals surface area contributed by atoms with Gasteiger partial charge in [0.25, 0.3) is 0 Å². The Morgan fingerprint density at radius 3 is 2.61 bits per heavy atom. The van der Waals surface area contributed by atoms with E-state index in [9.17, 15) is 0 Å². The van der Waals surface area contributed by atoms with Crippen LogP contribution in [0.25, 0.3) is 0 Å². The van der Waals surface area contributed by atoms with E-state index in [-0.39, 0.29) is 0 Å². The predicted octanol–water partition coefficient (Wildman–Crippen LogP) is 3.08. The SMILES string of the molecule is CNC(CCc1cnn(C)c1)c1ccc(Br)cc1. The van der Waals surface area contributed by atoms with E-state index in [4.69, 9.17) is 0 Å². The van der Waals surface area contributed by atoms with Crippen molar-refractivity contribution in [2.75, 3.05) is 7.05 Å². The number of aromatic nitrogens is 2. The van der Waals surface area contributed by atoms with Gasteiger partial charge in [-0.05, 0) is 43.1 Å². The molecule has 1 aromatic carbocycles. The second-order valence-corrected chi connectivity index (χ2v) is 5.37. The van der Waals surface area contributed by atoms with Crippen LogP contribution in [0.1, 0.15) is 23.6 Å². The van der Waals surface area contributed by atoms with Crippen LogP contribution >= 0.6 is 15.9 Å². The lowest BCUT2D eigenvalue weighted by atomic mass is 10.0. The van der Waals surface area contributed by atoms with Gasteiger partial charge in [0.15, 0.2) is 0 Å². The lowest BCUT2D eigenvalue weighted by molar-refractivity contribution is 0.549. The molecule has 0 aliphatic carbocycles. The smallest absolute Gasteiger partial charge is 0.0521 e. The van der Waals surface area contributed by atoms with Crippen LogP contribution in [-0.2, 0) is 13.5 Å². The number of nitrogens with zero attached hydrogens (tertiary/aromatic N) is 2. The molecule has 0 bridgehead atoms. The number of hydrogen-bond acceptors (Lipinski definition) is 2. The molecular formula is C14H18BrN3. The molecule has 3 nitrogen and oxygen atoms in total. The molecular weight excluding hydrogens is 290 g/mol. The number of halogens is 1. The first-order valence-electron chi connectivity index (χ1n) is 6.09. The summed E-state index contributed by atoms with van der Waals surface area (Å²) in [4.78, 5) is 0. The third kappa shape index (κ3) is 3.43. The summed E-state index contributed by atoms with van der Waals surface area (Å²) in [5.74, 6) is 0. The molecule has 96 valence electrons. The molecule has 0 aliphatic rings. The number of benzene rings is 1. The van der Waals surface area contributed by atoms with E-state index in [0.29, 0.717) is 6.04 Å². The first-order valence-corrected chi connectivity index (χ1v) is 6.88. The Morgan fingerprint density at radius 1 is 1.33 bits per heavy atom. The molecule has 0 radical (unpaired) electrons. The van der Waals surface area contributed by atoms with E-state index in [1.807, 2.05) is 25.0 Å². The van der Waals surface area contributed by atoms with Gasteiger partial charge in [-0.25, -0.2) is 0 Å². The molecule has 18 heavy (non-hydrogen) atoms. The third-order valence-electron chi connectivity index (χ3n) is 3.10. The molecule has 1 N–H and O–H groups in total. The number of nitrogens with one attached hydrogen (secondary N) is 1. The predicted molar refractivity (Wildman–Crippen MR) is 77.5 cm³/mol. The van der Waals surface area contributed by atoms with E-state index in [1.54, 1.807) is 0 Å². The zero-order valence-corrected chi connectivity index (χ0v) is 12.3. The van der Waals surface area contributed by atoms with Crippen LogP contribution in [0.3, 0.4) is 0 Å². The molecule has 0 saturated carbocycles. The van der Waals surface area contributed by atoms with Crippen molar-refractivity contribution in [1.29, 1.82) is 0 Å². The normalized spacial score (nSPS) is 12.6. The highest BCUT2D eigenvalue weighted by molar-refractivity contribution is 9.10. The van der Waals surface area contributed by atoms with Crippen LogP contribution in [-0.4, -0.2) is 16.8 Å². The van der Waals surface area contributed by atoms with Gasteiger partial charge in [-0.2, -0.15) is 5.10 Å². The molecule has 2 rings (SSSR count). The monoisotopic (exact) mass is 307 g/mol. The average molecular weight is 308 g/mol. The first kappa shape index (κ1) is 13.3. The summed E-state index contributed by atoms with van der Waals surface area (Å²) < 4.78 is 2.97. The Labute approximate surface area is 116 Å². The third-order valence-corrected chi connectivity index (χ3v) is 3.63. The maximum absolute atomic E-state index is 4.19. The number of aryl methyl sites for hydroxylation is 2. The molecule has 0 saturated heterocycles. The van der Waals surface area contributed by atoms with E-state index in [2.05, 4.69) is 56.8 Å². The topological polar surface area (TPSA) is 29.9 Å². The largest absolute Gasteiger partial charge is 0.313 e. The van der Waals surface area contributed by atoms with Crippen LogP contribution in [0.15, 0.2) is 41.1 Å². The van der Waals surface area contributed by atoms with E-state index < -0.39 is 0 Å². The summed E-state index contributed by atoms with van der Waals surface area (Å²) in [6.07, 6.45) is 6.13. The molecule has 2 aromatic rings. The number of hydrogen-bond donors (Lipinski definition) is 1. The van der Waals surface area contributed by atoms with Crippen LogP contribution in [0, 0.1) is 0 Å². The van der Waals surface area contributed by atoms with Gasteiger partial charge in [-0.15, -0.1) is 0 Å². The van der Waals surface area contributed by atoms with Gasteiger partial charge in [-0.3, -0.25) is 4.68 Å². The standard InChI is InChI=1S/C14H18BrN3/c1-16-14(12-4-6-13(15)7-5-12)8-3-11-9-17-18(2)10-11/h4-7,9-10,14,16H,3,8H2,1-2H3. The summed E-state index contributed by atoms with van der Waals surface area (Å²) in [7, 11) is 3.96. The maximum Gasteiger partial charge on any atom is 0.0521 e. The van der Waals surface area contributed by atoms with Crippen molar-refractivity contribution in [3.8, 4) is 0 Å². The maximum atomic E-state index is 4.19. The molecule has 1 unspecified atom stereocenters. The van der Waals surface area contributed by atoms with Crippen molar-refractivity contribution in [3.05, 3.63) is 52.3 Å². The lowest BCUT2D eigenvalue weighted by Crippen LogP contribution is -2.16. The minimum Gasteiger partial charge on any atom is -0.313 e. The lowest BCUT2D eigenvalue weighted by Gasteiger charge is -2.16. The van der Waals surface area contributed by atoms with Crippen molar-refractivity contribution >= 4 is 15.9 Å². The van der Waals surface area contributed by atoms with E-state index >= 15 is 0 Å². The molecule has 1 aromatic heterocycles. The molecule has 0 amide bonds. The molecule has 4 heteroatoms. The molecule has 0 fully saturated rings. The summed E-state index contributed by atoms with van der Waals surface area (Å²) in [5.41, 5.74) is 2.61. The highest BCUT2D eigenvalue weighted by Gasteiger charge is 2.09. The Balaban J connectivity index is 1.99. The van der Waals surface area contributed by atoms with Gasteiger partial charge >= 0.3 is 0 Å². The number of rotatable bonds is 5. The van der Waals surface area contributed by atoms with Crippen molar-refractivity contribution in [3.63, 3.8) is 0 Å². The Morgan fingerprint density at radius 2 is 2.06 bits per heavy atom. The zero-order valence-electron chi connectivity index (χ0n) is 10.7. The zero-order chi connectivity index (χ0) is 13.0. The summed E-state index contributed by atoms with van der Waals surface area (Å²) >= 11 is 3.46. The Hall–Kier alpha value is -1.13. The molecule has 0 spiro atoms. The van der Waals surface area contributed by atoms with Crippen LogP contribution in [0.2, 0.25) is 0 Å². The highest BCUT2D eigenvalue weighted by Crippen LogP contribution is 2.21. The second-order valence-electron chi connectivity index (χ2n) is 4.45. The molecule has 1 atom stereocenters. The van der Waals surface area contributed by atoms with Crippen LogP contribution < -0.4 is 5.32 Å². The highest BCUT2D eigenvalue weighted by atomic mass is 79.9. The van der Waals surface area contributed by atoms with Crippen LogP contribution in [0.5, 0.6) is 0 Å². The fourth-order valence-electron chi connectivity index (χ4n) is 2.08. The average Bonchev–Trinajstić information content (AvgIpc) is 2.78. The van der Waals surface area contributed by atoms with Crippen molar-refractivity contribution in [2.45, 2.75) is 18.9 Å². The minimum absolute atomic E-state index is 0.387. The summed E-state index contributed by atoms with van der Waals surface area (Å²) in [5, 5.41) is 7.57. The Bertz CT molecular complexity index is 490. The van der Waals surface area contributed by atoms with Gasteiger partial charge in [0.1, 0.15) is 0 Å². The van der Waals surface area contributed by atoms with Gasteiger partial charge in [0.05, 0.1) is 6.20 Å². The van der Waals surface area contributed by atoms with Crippen molar-refractivity contribution in [2.24, 2.45) is 7.05 Å². The van der Waals surface area contributed by atoms with Gasteiger partial charge in [-0.1, -0.05) is 28.1 Å². The van der Waals surface area contributed by atoms with Gasteiger partial charge < -0.3 is 5.32 Å².